The molecule has 1 atom stereocenters. The Labute approximate surface area is 220 Å². The summed E-state index contributed by atoms with van der Waals surface area (Å²) in [5, 5.41) is 4.30. The number of aryl methyl sites for hydroxylation is 2. The molecule has 0 unspecified atom stereocenters. The van der Waals surface area contributed by atoms with Crippen LogP contribution < -0.4 is 10.9 Å². The highest BCUT2D eigenvalue weighted by atomic mass is 32.1. The maximum atomic E-state index is 13.9. The van der Waals surface area contributed by atoms with Crippen LogP contribution in [0.2, 0.25) is 0 Å². The molecular formula is C28H33N5O3S. The number of carbonyl (C=O) groups excluding carboxylic acids is 2. The number of carbonyl (C=O) groups is 2. The lowest BCUT2D eigenvalue weighted by atomic mass is 9.80. The fraction of sp³-hybridized carbons (Fsp3) is 0.536. The predicted octanol–water partition coefficient (Wildman–Crippen LogP) is 4.73. The van der Waals surface area contributed by atoms with E-state index in [4.69, 9.17) is 0 Å². The van der Waals surface area contributed by atoms with E-state index in [1.807, 2.05) is 25.5 Å². The van der Waals surface area contributed by atoms with Crippen molar-refractivity contribution in [3.63, 3.8) is 0 Å². The van der Waals surface area contributed by atoms with Gasteiger partial charge in [0.05, 0.1) is 16.6 Å². The van der Waals surface area contributed by atoms with E-state index in [9.17, 15) is 14.4 Å². The summed E-state index contributed by atoms with van der Waals surface area (Å²) >= 11 is 1.62. The zero-order chi connectivity index (χ0) is 25.9. The highest BCUT2D eigenvalue weighted by molar-refractivity contribution is 7.19. The van der Waals surface area contributed by atoms with Crippen molar-refractivity contribution >= 4 is 44.7 Å². The van der Waals surface area contributed by atoms with Gasteiger partial charge in [0.1, 0.15) is 22.7 Å². The van der Waals surface area contributed by atoms with Crippen LogP contribution in [0.5, 0.6) is 0 Å². The second kappa shape index (κ2) is 9.04. The Morgan fingerprint density at radius 2 is 2.03 bits per heavy atom. The lowest BCUT2D eigenvalue weighted by Gasteiger charge is -2.35. The number of rotatable bonds is 4. The van der Waals surface area contributed by atoms with Crippen molar-refractivity contribution in [2.24, 2.45) is 5.92 Å². The average molecular weight is 520 g/mol. The van der Waals surface area contributed by atoms with Crippen LogP contribution in [0.15, 0.2) is 17.2 Å². The molecule has 1 saturated carbocycles. The van der Waals surface area contributed by atoms with Crippen LogP contribution in [0.3, 0.4) is 0 Å². The Balaban J connectivity index is 1.39. The first-order valence-electron chi connectivity index (χ1n) is 13.4. The number of nitrogens with zero attached hydrogens (tertiary/aromatic N) is 4. The van der Waals surface area contributed by atoms with Crippen LogP contribution in [-0.4, -0.2) is 44.7 Å². The maximum Gasteiger partial charge on any atom is 0.275 e. The molecule has 3 aromatic rings. The number of pyridine rings is 1. The van der Waals surface area contributed by atoms with Crippen molar-refractivity contribution < 1.29 is 9.59 Å². The molecule has 2 aliphatic carbocycles. The highest BCUT2D eigenvalue weighted by Gasteiger charge is 2.45. The van der Waals surface area contributed by atoms with Gasteiger partial charge in [0, 0.05) is 30.8 Å². The molecule has 6 rings (SSSR count). The Kier molecular flexibility index (Phi) is 5.93. The van der Waals surface area contributed by atoms with E-state index >= 15 is 0 Å². The van der Waals surface area contributed by atoms with E-state index < -0.39 is 0 Å². The van der Waals surface area contributed by atoms with Gasteiger partial charge in [-0.15, -0.1) is 11.3 Å². The molecule has 37 heavy (non-hydrogen) atoms. The Morgan fingerprint density at radius 3 is 2.78 bits per heavy atom. The third-order valence-corrected chi connectivity index (χ3v) is 9.86. The van der Waals surface area contributed by atoms with Gasteiger partial charge in [-0.05, 0) is 63.1 Å². The van der Waals surface area contributed by atoms with E-state index in [2.05, 4.69) is 15.3 Å². The minimum atomic E-state index is -0.389. The van der Waals surface area contributed by atoms with Crippen molar-refractivity contribution in [2.75, 3.05) is 18.9 Å². The van der Waals surface area contributed by atoms with Crippen LogP contribution >= 0.6 is 11.3 Å². The number of thiophene rings is 1. The quantitative estimate of drug-likeness (QED) is 0.535. The van der Waals surface area contributed by atoms with E-state index in [1.165, 1.54) is 16.8 Å². The van der Waals surface area contributed by atoms with Crippen LogP contribution in [-0.2, 0) is 23.2 Å². The molecule has 1 amide bonds. The number of hydrogen-bond donors (Lipinski definition) is 1. The molecule has 4 heterocycles. The van der Waals surface area contributed by atoms with Crippen molar-refractivity contribution in [3.8, 4) is 0 Å². The van der Waals surface area contributed by atoms with Crippen LogP contribution in [0.4, 0.5) is 11.5 Å². The summed E-state index contributed by atoms with van der Waals surface area (Å²) in [6.07, 6.45) is 9.23. The third kappa shape index (κ3) is 3.81. The molecule has 0 aromatic carbocycles. The maximum absolute atomic E-state index is 13.9. The molecule has 3 aliphatic rings. The fourth-order valence-electron chi connectivity index (χ4n) is 6.71. The van der Waals surface area contributed by atoms with Gasteiger partial charge >= 0.3 is 0 Å². The van der Waals surface area contributed by atoms with Gasteiger partial charge in [0.25, 0.3) is 5.56 Å². The number of anilines is 2. The fourth-order valence-corrected chi connectivity index (χ4v) is 7.98. The number of nitrogens with one attached hydrogen (secondary N) is 1. The predicted molar refractivity (Wildman–Crippen MR) is 145 cm³/mol. The molecule has 1 spiro atoms. The van der Waals surface area contributed by atoms with Crippen LogP contribution in [0.1, 0.15) is 78.4 Å². The average Bonchev–Trinajstić information content (AvgIpc) is 3.41. The highest BCUT2D eigenvalue weighted by Crippen LogP contribution is 2.44. The van der Waals surface area contributed by atoms with Gasteiger partial charge < -0.3 is 10.2 Å². The number of aromatic nitrogens is 3. The zero-order valence-corrected chi connectivity index (χ0v) is 22.5. The Bertz CT molecular complexity index is 1480. The lowest BCUT2D eigenvalue weighted by Crippen LogP contribution is -2.40. The van der Waals surface area contributed by atoms with Gasteiger partial charge in [0.2, 0.25) is 5.91 Å². The van der Waals surface area contributed by atoms with Gasteiger partial charge in [0.15, 0.2) is 5.78 Å². The standard InChI is InChI=1S/C28H33N5O3S/c1-4-32(3)26(35)17-8-9-18-21(13-17)37-25-22(18)24(29-15-30-25)31-19-12-16(2)23-20(34)14-28(33(23)27(19)36)10-6-5-7-11-28/h12,15,17H,4-11,13-14H2,1-3H3,(H,29,30,31)/t17-/m0/s1. The summed E-state index contributed by atoms with van der Waals surface area (Å²) in [6, 6.07) is 1.80. The van der Waals surface area contributed by atoms with Crippen molar-refractivity contribution in [3.05, 3.63) is 44.4 Å². The molecule has 1 aliphatic heterocycles. The molecule has 0 saturated heterocycles. The molecule has 8 nitrogen and oxygen atoms in total. The van der Waals surface area contributed by atoms with E-state index in [0.717, 1.165) is 60.7 Å². The second-order valence-corrected chi connectivity index (χ2v) is 12.0. The minimum Gasteiger partial charge on any atom is -0.346 e. The molecule has 0 radical (unpaired) electrons. The van der Waals surface area contributed by atoms with Crippen molar-refractivity contribution in [1.82, 2.24) is 19.4 Å². The van der Waals surface area contributed by atoms with Gasteiger partial charge in [-0.1, -0.05) is 19.3 Å². The molecule has 1 N–H and O–H groups in total. The smallest absolute Gasteiger partial charge is 0.275 e. The van der Waals surface area contributed by atoms with E-state index in [0.29, 0.717) is 36.6 Å². The molecule has 3 aromatic heterocycles. The summed E-state index contributed by atoms with van der Waals surface area (Å²) in [4.78, 5) is 52.6. The molecule has 1 fully saturated rings. The SMILES string of the molecule is CCN(C)C(=O)[C@H]1CCc2c(sc3ncnc(Nc4cc(C)c5n(c4=O)C4(CCCCC4)CC5=O)c23)C1. The number of amides is 1. The monoisotopic (exact) mass is 519 g/mol. The number of ketones is 1. The van der Waals surface area contributed by atoms with Crippen molar-refractivity contribution in [1.29, 1.82) is 0 Å². The van der Waals surface area contributed by atoms with E-state index in [-0.39, 0.29) is 28.7 Å². The van der Waals surface area contributed by atoms with Crippen LogP contribution in [0.25, 0.3) is 10.2 Å². The summed E-state index contributed by atoms with van der Waals surface area (Å²) in [5.41, 5.74) is 2.51. The van der Waals surface area contributed by atoms with Gasteiger partial charge in [-0.2, -0.15) is 0 Å². The molecule has 194 valence electrons. The molecule has 0 bridgehead atoms. The largest absolute Gasteiger partial charge is 0.346 e. The molecule has 9 heteroatoms. The first-order valence-corrected chi connectivity index (χ1v) is 14.2. The van der Waals surface area contributed by atoms with Gasteiger partial charge in [-0.3, -0.25) is 19.0 Å². The molecular weight excluding hydrogens is 486 g/mol. The topological polar surface area (TPSA) is 97.2 Å². The summed E-state index contributed by atoms with van der Waals surface area (Å²) in [7, 11) is 1.86. The summed E-state index contributed by atoms with van der Waals surface area (Å²) in [5.74, 6) is 0.889. The normalized spacial score (nSPS) is 20.2. The summed E-state index contributed by atoms with van der Waals surface area (Å²) < 4.78 is 1.81. The Morgan fingerprint density at radius 1 is 1.24 bits per heavy atom. The number of Topliss-reactive ketones (excluding diaryl/α,β-unsaturated/α-hetero) is 1. The lowest BCUT2D eigenvalue weighted by molar-refractivity contribution is -0.134. The van der Waals surface area contributed by atoms with Crippen molar-refractivity contribution in [2.45, 2.75) is 77.2 Å². The first kappa shape index (κ1) is 24.3. The minimum absolute atomic E-state index is 0.0110. The third-order valence-electron chi connectivity index (χ3n) is 8.70. The zero-order valence-electron chi connectivity index (χ0n) is 21.7. The Hall–Kier alpha value is -3.07. The first-order chi connectivity index (χ1) is 17.8. The number of fused-ring (bicyclic) bond motifs is 5. The number of hydrogen-bond acceptors (Lipinski definition) is 7. The van der Waals surface area contributed by atoms with E-state index in [1.54, 1.807) is 22.3 Å². The van der Waals surface area contributed by atoms with Gasteiger partial charge in [-0.25, -0.2) is 9.97 Å². The second-order valence-electron chi connectivity index (χ2n) is 10.9. The summed E-state index contributed by atoms with van der Waals surface area (Å²) in [6.45, 7) is 4.62. The van der Waals surface area contributed by atoms with Crippen LogP contribution in [0, 0.1) is 12.8 Å².